The van der Waals surface area contributed by atoms with E-state index in [0.717, 1.165) is 17.5 Å². The van der Waals surface area contributed by atoms with E-state index in [-0.39, 0.29) is 12.3 Å². The van der Waals surface area contributed by atoms with Gasteiger partial charge in [0.2, 0.25) is 5.91 Å². The average molecular weight is 305 g/mol. The molecule has 0 aromatic heterocycles. The number of carboxylic acid groups (broad SMARTS) is 1. The zero-order chi connectivity index (χ0) is 16.0. The van der Waals surface area contributed by atoms with Gasteiger partial charge >= 0.3 is 5.97 Å². The van der Waals surface area contributed by atoms with Gasteiger partial charge in [0.15, 0.2) is 0 Å². The highest BCUT2D eigenvalue weighted by Crippen LogP contribution is 2.44. The monoisotopic (exact) mass is 305 g/mol. The Bertz CT molecular complexity index is 520. The van der Waals surface area contributed by atoms with E-state index >= 15 is 0 Å². The van der Waals surface area contributed by atoms with Gasteiger partial charge in [-0.3, -0.25) is 9.59 Å². The van der Waals surface area contributed by atoms with E-state index in [0.29, 0.717) is 32.6 Å². The number of benzene rings is 1. The van der Waals surface area contributed by atoms with Gasteiger partial charge in [0.05, 0.1) is 12.0 Å². The lowest BCUT2D eigenvalue weighted by atomic mass is 9.66. The lowest BCUT2D eigenvalue weighted by molar-refractivity contribution is -0.157. The number of aliphatic carboxylic acids is 1. The first-order valence-corrected chi connectivity index (χ1v) is 7.71. The molecule has 0 heterocycles. The topological polar surface area (TPSA) is 75.6 Å². The van der Waals surface area contributed by atoms with Gasteiger partial charge in [-0.15, -0.1) is 0 Å². The highest BCUT2D eigenvalue weighted by molar-refractivity contribution is 5.85. The van der Waals surface area contributed by atoms with Gasteiger partial charge in [-0.05, 0) is 30.9 Å². The molecule has 0 aliphatic heterocycles. The first-order valence-electron chi connectivity index (χ1n) is 7.71. The molecule has 0 spiro atoms. The molecule has 5 heteroatoms. The van der Waals surface area contributed by atoms with Gasteiger partial charge < -0.3 is 15.2 Å². The second-order valence-electron chi connectivity index (χ2n) is 5.85. The molecule has 1 fully saturated rings. The third-order valence-electron chi connectivity index (χ3n) is 4.25. The Morgan fingerprint density at radius 1 is 1.23 bits per heavy atom. The lowest BCUT2D eigenvalue weighted by Gasteiger charge is -2.36. The number of carbonyl (C=O) groups excluding carboxylic acids is 1. The molecule has 0 saturated heterocycles. The molecule has 0 atom stereocenters. The van der Waals surface area contributed by atoms with Crippen LogP contribution >= 0.6 is 0 Å². The predicted molar refractivity (Wildman–Crippen MR) is 82.2 cm³/mol. The van der Waals surface area contributed by atoms with Crippen LogP contribution in [0.3, 0.4) is 0 Å². The summed E-state index contributed by atoms with van der Waals surface area (Å²) in [5, 5.41) is 12.0. The van der Waals surface area contributed by atoms with Gasteiger partial charge in [0.25, 0.3) is 0 Å². The maximum Gasteiger partial charge on any atom is 0.310 e. The molecule has 1 aliphatic carbocycles. The van der Waals surface area contributed by atoms with E-state index in [4.69, 9.17) is 4.74 Å². The fraction of sp³-hybridized carbons (Fsp3) is 0.529. The standard InChI is InChI=1S/C17H23NO4/c1-2-22-12-14-6-4-13(5-7-14)11-18-15(19)10-17(16(20)21)8-3-9-17/h4-7H,2-3,8-12H2,1H3,(H,18,19)(H,20,21). The number of hydrogen-bond donors (Lipinski definition) is 2. The Labute approximate surface area is 130 Å². The third-order valence-corrected chi connectivity index (χ3v) is 4.25. The van der Waals surface area contributed by atoms with Crippen molar-refractivity contribution in [3.63, 3.8) is 0 Å². The molecule has 1 aliphatic rings. The number of carboxylic acids is 1. The van der Waals surface area contributed by atoms with Crippen LogP contribution in [0.5, 0.6) is 0 Å². The molecule has 2 N–H and O–H groups in total. The van der Waals surface area contributed by atoms with Crippen LogP contribution in [-0.4, -0.2) is 23.6 Å². The molecule has 2 rings (SSSR count). The summed E-state index contributed by atoms with van der Waals surface area (Å²) in [6, 6.07) is 7.85. The first-order chi connectivity index (χ1) is 10.6. The summed E-state index contributed by atoms with van der Waals surface area (Å²) in [6.07, 6.45) is 2.16. The smallest absolute Gasteiger partial charge is 0.310 e. The zero-order valence-electron chi connectivity index (χ0n) is 12.9. The molecule has 0 radical (unpaired) electrons. The molecule has 1 aromatic carbocycles. The molecule has 0 unspecified atom stereocenters. The maximum absolute atomic E-state index is 11.9. The van der Waals surface area contributed by atoms with Crippen molar-refractivity contribution in [1.29, 1.82) is 0 Å². The van der Waals surface area contributed by atoms with Crippen molar-refractivity contribution >= 4 is 11.9 Å². The van der Waals surface area contributed by atoms with Crippen LogP contribution < -0.4 is 5.32 Å². The first kappa shape index (κ1) is 16.5. The Hall–Kier alpha value is -1.88. The molecule has 22 heavy (non-hydrogen) atoms. The minimum Gasteiger partial charge on any atom is -0.481 e. The number of rotatable bonds is 8. The highest BCUT2D eigenvalue weighted by Gasteiger charge is 2.45. The van der Waals surface area contributed by atoms with E-state index in [1.54, 1.807) is 0 Å². The van der Waals surface area contributed by atoms with Crippen molar-refractivity contribution in [3.8, 4) is 0 Å². The van der Waals surface area contributed by atoms with Gasteiger partial charge in [-0.25, -0.2) is 0 Å². The van der Waals surface area contributed by atoms with E-state index in [9.17, 15) is 14.7 Å². The Morgan fingerprint density at radius 2 is 1.86 bits per heavy atom. The van der Waals surface area contributed by atoms with Crippen molar-refractivity contribution in [2.75, 3.05) is 6.61 Å². The summed E-state index contributed by atoms with van der Waals surface area (Å²) in [5.74, 6) is -1.05. The number of hydrogen-bond acceptors (Lipinski definition) is 3. The van der Waals surface area contributed by atoms with Crippen molar-refractivity contribution in [1.82, 2.24) is 5.32 Å². The minimum atomic E-state index is -0.853. The van der Waals surface area contributed by atoms with Crippen LogP contribution in [-0.2, 0) is 27.5 Å². The van der Waals surface area contributed by atoms with Crippen LogP contribution in [0.15, 0.2) is 24.3 Å². The summed E-state index contributed by atoms with van der Waals surface area (Å²) < 4.78 is 5.33. The van der Waals surface area contributed by atoms with Crippen molar-refractivity contribution in [2.45, 2.75) is 45.8 Å². The van der Waals surface area contributed by atoms with Crippen molar-refractivity contribution in [3.05, 3.63) is 35.4 Å². The quantitative estimate of drug-likeness (QED) is 0.773. The largest absolute Gasteiger partial charge is 0.481 e. The van der Waals surface area contributed by atoms with Crippen LogP contribution in [0.1, 0.15) is 43.7 Å². The summed E-state index contributed by atoms with van der Waals surface area (Å²) in [6.45, 7) is 3.65. The zero-order valence-corrected chi connectivity index (χ0v) is 12.9. The molecule has 0 bridgehead atoms. The Morgan fingerprint density at radius 3 is 2.36 bits per heavy atom. The summed E-state index contributed by atoms with van der Waals surface area (Å²) in [5.41, 5.74) is 1.26. The number of nitrogens with one attached hydrogen (secondary N) is 1. The van der Waals surface area contributed by atoms with Crippen molar-refractivity contribution in [2.24, 2.45) is 5.41 Å². The molecule has 120 valence electrons. The summed E-state index contributed by atoms with van der Waals surface area (Å²) in [4.78, 5) is 23.2. The summed E-state index contributed by atoms with van der Waals surface area (Å²) in [7, 11) is 0. The van der Waals surface area contributed by atoms with Gasteiger partial charge in [-0.1, -0.05) is 30.7 Å². The molecular formula is C17H23NO4. The minimum absolute atomic E-state index is 0.0742. The fourth-order valence-electron chi connectivity index (χ4n) is 2.61. The normalized spacial score (nSPS) is 15.9. The fourth-order valence-corrected chi connectivity index (χ4v) is 2.61. The second-order valence-corrected chi connectivity index (χ2v) is 5.85. The number of amides is 1. The van der Waals surface area contributed by atoms with Crippen LogP contribution in [0.25, 0.3) is 0 Å². The van der Waals surface area contributed by atoms with Gasteiger partial charge in [0, 0.05) is 19.6 Å². The molecule has 1 aromatic rings. The van der Waals surface area contributed by atoms with E-state index in [2.05, 4.69) is 5.32 Å². The number of carbonyl (C=O) groups is 2. The molecule has 1 saturated carbocycles. The molecule has 5 nitrogen and oxygen atoms in total. The maximum atomic E-state index is 11.9. The Balaban J connectivity index is 1.79. The van der Waals surface area contributed by atoms with Crippen LogP contribution in [0.4, 0.5) is 0 Å². The molecule has 1 amide bonds. The van der Waals surface area contributed by atoms with E-state index < -0.39 is 11.4 Å². The lowest BCUT2D eigenvalue weighted by Crippen LogP contribution is -2.42. The van der Waals surface area contributed by atoms with Crippen LogP contribution in [0, 0.1) is 5.41 Å². The van der Waals surface area contributed by atoms with Crippen LogP contribution in [0.2, 0.25) is 0 Å². The van der Waals surface area contributed by atoms with Gasteiger partial charge in [-0.2, -0.15) is 0 Å². The highest BCUT2D eigenvalue weighted by atomic mass is 16.5. The van der Waals surface area contributed by atoms with E-state index in [1.165, 1.54) is 0 Å². The second kappa shape index (κ2) is 7.40. The third kappa shape index (κ3) is 4.07. The van der Waals surface area contributed by atoms with E-state index in [1.807, 2.05) is 31.2 Å². The average Bonchev–Trinajstić information content (AvgIpc) is 2.47. The molecular weight excluding hydrogens is 282 g/mol. The van der Waals surface area contributed by atoms with Gasteiger partial charge in [0.1, 0.15) is 0 Å². The number of ether oxygens (including phenoxy) is 1. The Kier molecular flexibility index (Phi) is 5.55. The summed E-state index contributed by atoms with van der Waals surface area (Å²) >= 11 is 0. The predicted octanol–water partition coefficient (Wildman–Crippen LogP) is 2.48. The van der Waals surface area contributed by atoms with Crippen molar-refractivity contribution < 1.29 is 19.4 Å². The SMILES string of the molecule is CCOCc1ccc(CNC(=O)CC2(C(=O)O)CCC2)cc1.